The summed E-state index contributed by atoms with van der Waals surface area (Å²) in [5, 5.41) is 10.0. The van der Waals surface area contributed by atoms with Crippen molar-refractivity contribution in [1.82, 2.24) is 15.8 Å². The molecule has 0 radical (unpaired) electrons. The van der Waals surface area contributed by atoms with Crippen molar-refractivity contribution >= 4 is 5.91 Å². The lowest BCUT2D eigenvalue weighted by Gasteiger charge is -2.10. The SMILES string of the molecule is Cc1noc(C)c1CCNC(=O)C1CCCN1. The number of nitrogens with one attached hydrogen (secondary N) is 2. The van der Waals surface area contributed by atoms with Gasteiger partial charge < -0.3 is 15.2 Å². The summed E-state index contributed by atoms with van der Waals surface area (Å²) in [6.07, 6.45) is 2.80. The van der Waals surface area contributed by atoms with E-state index in [2.05, 4.69) is 15.8 Å². The molecular formula is C12H19N3O2. The minimum Gasteiger partial charge on any atom is -0.361 e. The number of carbonyl (C=O) groups is 1. The molecule has 1 aliphatic heterocycles. The first-order chi connectivity index (χ1) is 8.18. The van der Waals surface area contributed by atoms with E-state index in [0.29, 0.717) is 6.54 Å². The summed E-state index contributed by atoms with van der Waals surface area (Å²) < 4.78 is 5.08. The number of nitrogens with zero attached hydrogens (tertiary/aromatic N) is 1. The van der Waals surface area contributed by atoms with Crippen LogP contribution >= 0.6 is 0 Å². The predicted octanol–water partition coefficient (Wildman–Crippen LogP) is 0.702. The molecule has 1 aromatic rings. The quantitative estimate of drug-likeness (QED) is 0.809. The van der Waals surface area contributed by atoms with Crippen molar-refractivity contribution in [3.8, 4) is 0 Å². The predicted molar refractivity (Wildman–Crippen MR) is 63.7 cm³/mol. The Hall–Kier alpha value is -1.36. The Bertz CT molecular complexity index is 375. The van der Waals surface area contributed by atoms with E-state index < -0.39 is 0 Å². The smallest absolute Gasteiger partial charge is 0.237 e. The minimum absolute atomic E-state index is 0.000307. The highest BCUT2D eigenvalue weighted by Gasteiger charge is 2.21. The Morgan fingerprint density at radius 3 is 3.00 bits per heavy atom. The van der Waals surface area contributed by atoms with Gasteiger partial charge in [0.2, 0.25) is 5.91 Å². The van der Waals surface area contributed by atoms with E-state index in [1.54, 1.807) is 0 Å². The van der Waals surface area contributed by atoms with Crippen LogP contribution in [-0.4, -0.2) is 30.2 Å². The second kappa shape index (κ2) is 5.31. The van der Waals surface area contributed by atoms with Crippen molar-refractivity contribution in [2.75, 3.05) is 13.1 Å². The Kier molecular flexibility index (Phi) is 3.78. The molecule has 2 heterocycles. The van der Waals surface area contributed by atoms with E-state index in [-0.39, 0.29) is 11.9 Å². The lowest BCUT2D eigenvalue weighted by molar-refractivity contribution is -0.122. The molecule has 0 spiro atoms. The van der Waals surface area contributed by atoms with Gasteiger partial charge in [-0.15, -0.1) is 0 Å². The van der Waals surface area contributed by atoms with E-state index in [9.17, 15) is 4.79 Å². The minimum atomic E-state index is -0.000307. The highest BCUT2D eigenvalue weighted by Crippen LogP contribution is 2.12. The second-order valence-corrected chi connectivity index (χ2v) is 4.49. The van der Waals surface area contributed by atoms with Crippen LogP contribution < -0.4 is 10.6 Å². The van der Waals surface area contributed by atoms with Gasteiger partial charge in [-0.25, -0.2) is 0 Å². The van der Waals surface area contributed by atoms with E-state index in [1.807, 2.05) is 13.8 Å². The largest absolute Gasteiger partial charge is 0.361 e. The van der Waals surface area contributed by atoms with Crippen LogP contribution in [0.4, 0.5) is 0 Å². The summed E-state index contributed by atoms with van der Waals surface area (Å²) >= 11 is 0. The molecule has 1 amide bonds. The molecule has 5 nitrogen and oxygen atoms in total. The topological polar surface area (TPSA) is 67.2 Å². The zero-order valence-electron chi connectivity index (χ0n) is 10.4. The number of aromatic nitrogens is 1. The molecule has 1 aromatic heterocycles. The molecule has 0 bridgehead atoms. The summed E-state index contributed by atoms with van der Waals surface area (Å²) in [6.45, 7) is 5.41. The van der Waals surface area contributed by atoms with E-state index in [4.69, 9.17) is 4.52 Å². The summed E-state index contributed by atoms with van der Waals surface area (Å²) in [4.78, 5) is 11.7. The molecule has 17 heavy (non-hydrogen) atoms. The van der Waals surface area contributed by atoms with Crippen LogP contribution in [0.2, 0.25) is 0 Å². The van der Waals surface area contributed by atoms with Crippen LogP contribution in [0.25, 0.3) is 0 Å². The van der Waals surface area contributed by atoms with Crippen LogP contribution in [-0.2, 0) is 11.2 Å². The third kappa shape index (κ3) is 2.85. The molecule has 0 aromatic carbocycles. The fraction of sp³-hybridized carbons (Fsp3) is 0.667. The first kappa shape index (κ1) is 12.1. The molecule has 1 fully saturated rings. The van der Waals surface area contributed by atoms with Gasteiger partial charge >= 0.3 is 0 Å². The highest BCUT2D eigenvalue weighted by molar-refractivity contribution is 5.81. The summed E-state index contributed by atoms with van der Waals surface area (Å²) in [6, 6.07) is -0.000307. The van der Waals surface area contributed by atoms with Gasteiger partial charge in [-0.3, -0.25) is 4.79 Å². The average molecular weight is 237 g/mol. The maximum atomic E-state index is 11.7. The van der Waals surface area contributed by atoms with Crippen LogP contribution in [0.5, 0.6) is 0 Å². The number of amides is 1. The molecule has 2 N–H and O–H groups in total. The summed E-state index contributed by atoms with van der Waals surface area (Å²) in [5.74, 6) is 0.949. The Morgan fingerprint density at radius 1 is 1.59 bits per heavy atom. The maximum absolute atomic E-state index is 11.7. The van der Waals surface area contributed by atoms with E-state index >= 15 is 0 Å². The molecular weight excluding hydrogens is 218 g/mol. The number of aryl methyl sites for hydroxylation is 2. The Balaban J connectivity index is 1.77. The highest BCUT2D eigenvalue weighted by atomic mass is 16.5. The van der Waals surface area contributed by atoms with Crippen molar-refractivity contribution in [2.45, 2.75) is 39.2 Å². The van der Waals surface area contributed by atoms with Gasteiger partial charge in [0, 0.05) is 12.1 Å². The molecule has 1 aliphatic rings. The standard InChI is InChI=1S/C12H19N3O2/c1-8-10(9(2)17-15-8)5-7-14-12(16)11-4-3-6-13-11/h11,13H,3-7H2,1-2H3,(H,14,16). The zero-order chi connectivity index (χ0) is 12.3. The second-order valence-electron chi connectivity index (χ2n) is 4.49. The molecule has 5 heteroatoms. The Morgan fingerprint density at radius 2 is 2.41 bits per heavy atom. The molecule has 94 valence electrons. The third-order valence-corrected chi connectivity index (χ3v) is 3.23. The number of rotatable bonds is 4. The first-order valence-electron chi connectivity index (χ1n) is 6.11. The Labute approximate surface area is 101 Å². The maximum Gasteiger partial charge on any atom is 0.237 e. The average Bonchev–Trinajstić information content (AvgIpc) is 2.93. The van der Waals surface area contributed by atoms with E-state index in [0.717, 1.165) is 42.8 Å². The molecule has 1 saturated heterocycles. The number of hydrogen-bond donors (Lipinski definition) is 2. The fourth-order valence-electron chi connectivity index (χ4n) is 2.20. The monoisotopic (exact) mass is 237 g/mol. The number of carbonyl (C=O) groups excluding carboxylic acids is 1. The third-order valence-electron chi connectivity index (χ3n) is 3.23. The van der Waals surface area contributed by atoms with E-state index in [1.165, 1.54) is 0 Å². The van der Waals surface area contributed by atoms with Crippen molar-refractivity contribution in [1.29, 1.82) is 0 Å². The van der Waals surface area contributed by atoms with Crippen LogP contribution in [0, 0.1) is 13.8 Å². The van der Waals surface area contributed by atoms with Gasteiger partial charge in [0.15, 0.2) is 0 Å². The van der Waals surface area contributed by atoms with Gasteiger partial charge in [-0.05, 0) is 39.7 Å². The fourth-order valence-corrected chi connectivity index (χ4v) is 2.20. The zero-order valence-corrected chi connectivity index (χ0v) is 10.4. The molecule has 0 saturated carbocycles. The lowest BCUT2D eigenvalue weighted by Crippen LogP contribution is -2.41. The molecule has 0 aliphatic carbocycles. The van der Waals surface area contributed by atoms with Crippen molar-refractivity contribution in [3.63, 3.8) is 0 Å². The van der Waals surface area contributed by atoms with Crippen molar-refractivity contribution in [2.24, 2.45) is 0 Å². The summed E-state index contributed by atoms with van der Waals surface area (Å²) in [5.41, 5.74) is 2.01. The van der Waals surface area contributed by atoms with Crippen molar-refractivity contribution in [3.05, 3.63) is 17.0 Å². The van der Waals surface area contributed by atoms with Crippen LogP contribution in [0.3, 0.4) is 0 Å². The van der Waals surface area contributed by atoms with Gasteiger partial charge in [0.05, 0.1) is 11.7 Å². The van der Waals surface area contributed by atoms with Crippen LogP contribution in [0.1, 0.15) is 29.9 Å². The summed E-state index contributed by atoms with van der Waals surface area (Å²) in [7, 11) is 0. The van der Waals surface area contributed by atoms with Gasteiger partial charge in [0.25, 0.3) is 0 Å². The normalized spacial score (nSPS) is 19.5. The van der Waals surface area contributed by atoms with Crippen molar-refractivity contribution < 1.29 is 9.32 Å². The lowest BCUT2D eigenvalue weighted by atomic mass is 10.1. The molecule has 1 unspecified atom stereocenters. The molecule has 1 atom stereocenters. The van der Waals surface area contributed by atoms with Gasteiger partial charge in [-0.1, -0.05) is 5.16 Å². The first-order valence-corrected chi connectivity index (χ1v) is 6.11. The van der Waals surface area contributed by atoms with Gasteiger partial charge in [-0.2, -0.15) is 0 Å². The molecule has 2 rings (SSSR count). The number of hydrogen-bond acceptors (Lipinski definition) is 4. The van der Waals surface area contributed by atoms with Crippen LogP contribution in [0.15, 0.2) is 4.52 Å². The van der Waals surface area contributed by atoms with Gasteiger partial charge in [0.1, 0.15) is 5.76 Å².